The van der Waals surface area contributed by atoms with Gasteiger partial charge >= 0.3 is 0 Å². The number of nitrogens with zero attached hydrogens (tertiary/aromatic N) is 5. The Hall–Kier alpha value is -2.83. The Bertz CT molecular complexity index is 1040. The van der Waals surface area contributed by atoms with Gasteiger partial charge in [-0.2, -0.15) is 5.10 Å². The van der Waals surface area contributed by atoms with E-state index in [1.165, 1.54) is 10.9 Å². The van der Waals surface area contributed by atoms with Gasteiger partial charge in [0.2, 0.25) is 5.95 Å². The molecule has 1 aliphatic rings. The van der Waals surface area contributed by atoms with E-state index in [0.717, 1.165) is 5.56 Å². The molecule has 12 heteroatoms. The van der Waals surface area contributed by atoms with Gasteiger partial charge in [0.25, 0.3) is 0 Å². The number of ether oxygens (including phenoxy) is 1. The molecule has 3 heterocycles. The van der Waals surface area contributed by atoms with Gasteiger partial charge in [0.05, 0.1) is 12.8 Å². The summed E-state index contributed by atoms with van der Waals surface area (Å²) in [6, 6.07) is 7.03. The molecule has 2 aromatic heterocycles. The summed E-state index contributed by atoms with van der Waals surface area (Å²) in [6.45, 7) is -0.462. The SMILES string of the molecule is Nc1ncnc2c1nc(N/N=C/c1ccc(Cl)cc1)n2C1OC(CO)C(O)C1O. The zero-order valence-corrected chi connectivity index (χ0v) is 15.7. The lowest BCUT2D eigenvalue weighted by Gasteiger charge is -2.18. The minimum absolute atomic E-state index is 0.130. The van der Waals surface area contributed by atoms with E-state index in [2.05, 4.69) is 25.5 Å². The summed E-state index contributed by atoms with van der Waals surface area (Å²) in [5.41, 5.74) is 9.99. The Kier molecular flexibility index (Phi) is 5.30. The first-order valence-corrected chi connectivity index (χ1v) is 9.03. The Morgan fingerprint density at radius 1 is 1.24 bits per heavy atom. The lowest BCUT2D eigenvalue weighted by molar-refractivity contribution is -0.0501. The van der Waals surface area contributed by atoms with Gasteiger partial charge < -0.3 is 25.8 Å². The smallest absolute Gasteiger partial charge is 0.228 e. The van der Waals surface area contributed by atoms with Crippen LogP contribution in [0.2, 0.25) is 5.02 Å². The van der Waals surface area contributed by atoms with Crippen molar-refractivity contribution < 1.29 is 20.1 Å². The molecule has 152 valence electrons. The fourth-order valence-electron chi connectivity index (χ4n) is 3.05. The number of benzene rings is 1. The molecule has 3 aromatic rings. The summed E-state index contributed by atoms with van der Waals surface area (Å²) in [5.74, 6) is 0.289. The average Bonchev–Trinajstić information content (AvgIpc) is 3.22. The van der Waals surface area contributed by atoms with E-state index in [1.54, 1.807) is 30.5 Å². The Balaban J connectivity index is 1.71. The van der Waals surface area contributed by atoms with Crippen molar-refractivity contribution >= 4 is 40.7 Å². The number of imidazole rings is 1. The molecule has 1 saturated heterocycles. The quantitative estimate of drug-likeness (QED) is 0.285. The maximum atomic E-state index is 10.4. The maximum absolute atomic E-state index is 10.4. The van der Waals surface area contributed by atoms with Gasteiger partial charge in [0.1, 0.15) is 24.6 Å². The summed E-state index contributed by atoms with van der Waals surface area (Å²) in [6.07, 6.45) is -1.86. The number of hydrazone groups is 1. The number of rotatable bonds is 5. The van der Waals surface area contributed by atoms with Crippen LogP contribution in [0.15, 0.2) is 35.7 Å². The van der Waals surface area contributed by atoms with E-state index < -0.39 is 31.1 Å². The molecule has 4 unspecified atom stereocenters. The lowest BCUT2D eigenvalue weighted by atomic mass is 10.1. The largest absolute Gasteiger partial charge is 0.394 e. The van der Waals surface area contributed by atoms with E-state index in [4.69, 9.17) is 22.1 Å². The van der Waals surface area contributed by atoms with Crippen molar-refractivity contribution in [2.75, 3.05) is 17.8 Å². The van der Waals surface area contributed by atoms with Crippen LogP contribution >= 0.6 is 11.6 Å². The summed E-state index contributed by atoms with van der Waals surface area (Å²) >= 11 is 5.87. The number of aliphatic hydroxyl groups excluding tert-OH is 3. The highest BCUT2D eigenvalue weighted by Crippen LogP contribution is 2.35. The lowest BCUT2D eigenvalue weighted by Crippen LogP contribution is -2.33. The third-order valence-electron chi connectivity index (χ3n) is 4.53. The van der Waals surface area contributed by atoms with Crippen LogP contribution in [0.5, 0.6) is 0 Å². The van der Waals surface area contributed by atoms with Crippen molar-refractivity contribution in [3.63, 3.8) is 0 Å². The number of nitrogen functional groups attached to an aromatic ring is 1. The standard InChI is InChI=1S/C17H18ClN7O4/c18-9-3-1-8(2-4-9)5-22-24-17-23-11-14(19)20-7-21-15(11)25(17)16-13(28)12(27)10(6-26)29-16/h1-5,7,10,12-13,16,26-28H,6H2,(H,23,24)(H2,19,20,21)/b22-5+. The number of nitrogens with two attached hydrogens (primary N) is 1. The molecule has 4 rings (SSSR count). The van der Waals surface area contributed by atoms with Crippen LogP contribution in [0.25, 0.3) is 11.2 Å². The summed E-state index contributed by atoms with van der Waals surface area (Å²) in [7, 11) is 0. The third-order valence-corrected chi connectivity index (χ3v) is 4.78. The first-order chi connectivity index (χ1) is 14.0. The monoisotopic (exact) mass is 419 g/mol. The first kappa shape index (κ1) is 19.5. The van der Waals surface area contributed by atoms with E-state index >= 15 is 0 Å². The molecule has 0 spiro atoms. The molecule has 1 fully saturated rings. The summed E-state index contributed by atoms with van der Waals surface area (Å²) in [4.78, 5) is 12.4. The molecule has 0 bridgehead atoms. The number of halogens is 1. The van der Waals surface area contributed by atoms with Crippen molar-refractivity contribution in [2.24, 2.45) is 5.10 Å². The predicted octanol–water partition coefficient (Wildman–Crippen LogP) is 0.119. The number of nitrogens with one attached hydrogen (secondary N) is 1. The van der Waals surface area contributed by atoms with Gasteiger partial charge in [0, 0.05) is 5.02 Å². The second-order valence-corrected chi connectivity index (χ2v) is 6.82. The second-order valence-electron chi connectivity index (χ2n) is 6.39. The first-order valence-electron chi connectivity index (χ1n) is 8.65. The fraction of sp³-hybridized carbons (Fsp3) is 0.294. The number of fused-ring (bicyclic) bond motifs is 1. The Morgan fingerprint density at radius 3 is 2.69 bits per heavy atom. The molecular formula is C17H18ClN7O4. The van der Waals surface area contributed by atoms with Crippen LogP contribution in [0, 0.1) is 0 Å². The average molecular weight is 420 g/mol. The normalized spacial score (nSPS) is 24.6. The molecule has 0 saturated carbocycles. The number of anilines is 2. The predicted molar refractivity (Wildman–Crippen MR) is 105 cm³/mol. The molecule has 6 N–H and O–H groups in total. The van der Waals surface area contributed by atoms with Crippen molar-refractivity contribution in [1.29, 1.82) is 0 Å². The van der Waals surface area contributed by atoms with E-state index in [-0.39, 0.29) is 22.9 Å². The van der Waals surface area contributed by atoms with Gasteiger partial charge in [-0.1, -0.05) is 23.7 Å². The highest BCUT2D eigenvalue weighted by Gasteiger charge is 2.45. The molecule has 0 amide bonds. The van der Waals surface area contributed by atoms with Crippen LogP contribution in [0.4, 0.5) is 11.8 Å². The van der Waals surface area contributed by atoms with Gasteiger partial charge in [0.15, 0.2) is 23.2 Å². The highest BCUT2D eigenvalue weighted by molar-refractivity contribution is 6.30. The van der Waals surface area contributed by atoms with Crippen LogP contribution in [-0.2, 0) is 4.74 Å². The zero-order chi connectivity index (χ0) is 20.5. The molecule has 29 heavy (non-hydrogen) atoms. The van der Waals surface area contributed by atoms with E-state index in [9.17, 15) is 15.3 Å². The van der Waals surface area contributed by atoms with Crippen molar-refractivity contribution in [1.82, 2.24) is 19.5 Å². The molecule has 11 nitrogen and oxygen atoms in total. The van der Waals surface area contributed by atoms with Crippen LogP contribution < -0.4 is 11.2 Å². The number of aliphatic hydroxyl groups is 3. The summed E-state index contributed by atoms with van der Waals surface area (Å²) in [5, 5.41) is 34.6. The maximum Gasteiger partial charge on any atom is 0.228 e. The second kappa shape index (κ2) is 7.89. The summed E-state index contributed by atoms with van der Waals surface area (Å²) < 4.78 is 7.02. The molecule has 0 aliphatic carbocycles. The zero-order valence-electron chi connectivity index (χ0n) is 14.9. The van der Waals surface area contributed by atoms with Crippen molar-refractivity contribution in [3.8, 4) is 0 Å². The number of hydrogen-bond donors (Lipinski definition) is 5. The van der Waals surface area contributed by atoms with Crippen molar-refractivity contribution in [3.05, 3.63) is 41.2 Å². The Labute approximate surface area is 169 Å². The van der Waals surface area contributed by atoms with Gasteiger partial charge in [-0.05, 0) is 17.7 Å². The minimum Gasteiger partial charge on any atom is -0.394 e. The molecule has 0 radical (unpaired) electrons. The fourth-order valence-corrected chi connectivity index (χ4v) is 3.18. The molecular weight excluding hydrogens is 402 g/mol. The van der Waals surface area contributed by atoms with Gasteiger partial charge in [-0.3, -0.25) is 4.57 Å². The molecule has 1 aromatic carbocycles. The molecule has 1 aliphatic heterocycles. The number of hydrogen-bond acceptors (Lipinski definition) is 10. The van der Waals surface area contributed by atoms with Crippen molar-refractivity contribution in [2.45, 2.75) is 24.5 Å². The van der Waals surface area contributed by atoms with Crippen LogP contribution in [0.3, 0.4) is 0 Å². The third kappa shape index (κ3) is 3.61. The molecule has 4 atom stereocenters. The highest BCUT2D eigenvalue weighted by atomic mass is 35.5. The van der Waals surface area contributed by atoms with Gasteiger partial charge in [-0.15, -0.1) is 0 Å². The van der Waals surface area contributed by atoms with Gasteiger partial charge in [-0.25, -0.2) is 20.4 Å². The Morgan fingerprint density at radius 2 is 2.00 bits per heavy atom. The van der Waals surface area contributed by atoms with E-state index in [0.29, 0.717) is 5.02 Å². The van der Waals surface area contributed by atoms with E-state index in [1.807, 2.05) is 0 Å². The van der Waals surface area contributed by atoms with Crippen LogP contribution in [0.1, 0.15) is 11.8 Å². The van der Waals surface area contributed by atoms with Crippen LogP contribution in [-0.4, -0.2) is 66.0 Å². The minimum atomic E-state index is -1.33. The number of aromatic nitrogens is 4. The topological polar surface area (TPSA) is 164 Å².